The van der Waals surface area contributed by atoms with Gasteiger partial charge in [0.1, 0.15) is 24.1 Å². The van der Waals surface area contributed by atoms with Crippen molar-refractivity contribution >= 4 is 23.7 Å². The van der Waals surface area contributed by atoms with Crippen LogP contribution in [0.3, 0.4) is 0 Å². The number of hydrogen-bond acceptors (Lipinski definition) is 7. The van der Waals surface area contributed by atoms with Gasteiger partial charge in [0.2, 0.25) is 0 Å². The van der Waals surface area contributed by atoms with E-state index in [0.29, 0.717) is 25.7 Å². The summed E-state index contributed by atoms with van der Waals surface area (Å²) >= 11 is 0. The van der Waals surface area contributed by atoms with Crippen LogP contribution >= 0.6 is 0 Å². The number of ether oxygens (including phenoxy) is 3. The van der Waals surface area contributed by atoms with Gasteiger partial charge in [0.15, 0.2) is 0 Å². The Morgan fingerprint density at radius 2 is 1.47 bits per heavy atom. The van der Waals surface area contributed by atoms with Gasteiger partial charge in [-0.3, -0.25) is 19.2 Å². The zero-order chi connectivity index (χ0) is 23.4. The summed E-state index contributed by atoms with van der Waals surface area (Å²) in [5, 5.41) is 0. The van der Waals surface area contributed by atoms with Crippen LogP contribution in [0.1, 0.15) is 79.6 Å². The topological polar surface area (TPSA) is 96.0 Å². The Morgan fingerprint density at radius 1 is 0.844 bits per heavy atom. The molecule has 4 rings (SSSR count). The lowest BCUT2D eigenvalue weighted by molar-refractivity contribution is -0.214. The van der Waals surface area contributed by atoms with Crippen LogP contribution in [0.25, 0.3) is 0 Å². The van der Waals surface area contributed by atoms with E-state index >= 15 is 0 Å². The SMILES string of the molecule is CC(=O)O[C@H]1C[C@H]2[C@@H]3C[C@@H](OC(C)=O)[C@H]4CC(=O)CC[C@]4(C)[C@H]3[C@H](OC(C)=O)C[C@]2(C)C1. The highest BCUT2D eigenvalue weighted by molar-refractivity contribution is 5.80. The van der Waals surface area contributed by atoms with Gasteiger partial charge >= 0.3 is 17.9 Å². The molecule has 0 heterocycles. The quantitative estimate of drug-likeness (QED) is 0.481. The van der Waals surface area contributed by atoms with Crippen molar-refractivity contribution in [1.82, 2.24) is 0 Å². The zero-order valence-corrected chi connectivity index (χ0v) is 19.8. The van der Waals surface area contributed by atoms with E-state index < -0.39 is 0 Å². The fraction of sp³-hybridized carbons (Fsp3) is 0.840. The standard InChI is InChI=1S/C25H36O7/c1-13(26)30-17-9-19-18-10-21(31-14(2)27)20-8-16(29)6-7-25(20,5)23(18)22(32-15(3)28)12-24(19,4)11-17/h17-23H,6-12H2,1-5H3/t17-,18-,19-,20+,21+,22+,23+,24-,25-/m0/s1. The van der Waals surface area contributed by atoms with Crippen LogP contribution in [-0.2, 0) is 33.4 Å². The van der Waals surface area contributed by atoms with Crippen LogP contribution < -0.4 is 0 Å². The largest absolute Gasteiger partial charge is 0.463 e. The minimum atomic E-state index is -0.326. The van der Waals surface area contributed by atoms with Gasteiger partial charge in [0, 0.05) is 45.4 Å². The van der Waals surface area contributed by atoms with Gasteiger partial charge < -0.3 is 14.2 Å². The van der Waals surface area contributed by atoms with Crippen LogP contribution in [0.4, 0.5) is 0 Å². The summed E-state index contributed by atoms with van der Waals surface area (Å²) in [4.78, 5) is 48.2. The molecule has 0 aliphatic heterocycles. The molecule has 0 N–H and O–H groups in total. The normalized spacial score (nSPS) is 45.2. The summed E-state index contributed by atoms with van der Waals surface area (Å²) in [5.41, 5.74) is -0.395. The maximum absolute atomic E-state index is 12.4. The van der Waals surface area contributed by atoms with Crippen molar-refractivity contribution in [3.63, 3.8) is 0 Å². The molecule has 178 valence electrons. The van der Waals surface area contributed by atoms with E-state index in [9.17, 15) is 19.2 Å². The van der Waals surface area contributed by atoms with Crippen molar-refractivity contribution in [3.8, 4) is 0 Å². The summed E-state index contributed by atoms with van der Waals surface area (Å²) in [6, 6.07) is 0. The molecule has 0 amide bonds. The summed E-state index contributed by atoms with van der Waals surface area (Å²) in [6.07, 6.45) is 3.80. The molecule has 4 aliphatic carbocycles. The number of fused-ring (bicyclic) bond motifs is 5. The third kappa shape index (κ3) is 3.96. The Labute approximate surface area is 189 Å². The van der Waals surface area contributed by atoms with Crippen molar-refractivity contribution in [2.24, 2.45) is 34.5 Å². The molecule has 9 atom stereocenters. The molecular weight excluding hydrogens is 412 g/mol. The fourth-order valence-electron chi connectivity index (χ4n) is 8.16. The van der Waals surface area contributed by atoms with Crippen molar-refractivity contribution in [1.29, 1.82) is 0 Å². The fourth-order valence-corrected chi connectivity index (χ4v) is 8.16. The second-order valence-electron chi connectivity index (χ2n) is 11.2. The molecule has 0 aromatic carbocycles. The first-order valence-corrected chi connectivity index (χ1v) is 12.0. The number of rotatable bonds is 3. The number of esters is 3. The summed E-state index contributed by atoms with van der Waals surface area (Å²) in [5.74, 6) is -0.220. The summed E-state index contributed by atoms with van der Waals surface area (Å²) < 4.78 is 17.4. The predicted molar refractivity (Wildman–Crippen MR) is 114 cm³/mol. The number of ketones is 1. The zero-order valence-electron chi connectivity index (χ0n) is 19.8. The molecule has 7 nitrogen and oxygen atoms in total. The van der Waals surface area contributed by atoms with Crippen LogP contribution in [-0.4, -0.2) is 42.0 Å². The Hall–Kier alpha value is -1.92. The Balaban J connectivity index is 1.75. The van der Waals surface area contributed by atoms with Gasteiger partial charge in [-0.05, 0) is 54.8 Å². The van der Waals surface area contributed by atoms with Crippen LogP contribution in [0.5, 0.6) is 0 Å². The van der Waals surface area contributed by atoms with Gasteiger partial charge in [-0.2, -0.15) is 0 Å². The maximum atomic E-state index is 12.4. The first-order chi connectivity index (χ1) is 14.9. The molecule has 0 radical (unpaired) electrons. The van der Waals surface area contributed by atoms with E-state index in [-0.39, 0.29) is 76.5 Å². The van der Waals surface area contributed by atoms with Crippen molar-refractivity contribution < 1.29 is 33.4 Å². The lowest BCUT2D eigenvalue weighted by Gasteiger charge is -2.62. The first-order valence-electron chi connectivity index (χ1n) is 12.0. The second-order valence-corrected chi connectivity index (χ2v) is 11.2. The van der Waals surface area contributed by atoms with Crippen LogP contribution in [0.15, 0.2) is 0 Å². The maximum Gasteiger partial charge on any atom is 0.302 e. The first kappa shape index (κ1) is 23.2. The van der Waals surface area contributed by atoms with Gasteiger partial charge in [-0.15, -0.1) is 0 Å². The van der Waals surface area contributed by atoms with E-state index in [2.05, 4.69) is 13.8 Å². The molecule has 0 spiro atoms. The van der Waals surface area contributed by atoms with E-state index in [1.807, 2.05) is 0 Å². The molecule has 4 fully saturated rings. The molecule has 32 heavy (non-hydrogen) atoms. The predicted octanol–water partition coefficient (Wildman–Crippen LogP) is 3.61. The van der Waals surface area contributed by atoms with E-state index in [1.54, 1.807) is 0 Å². The molecule has 0 saturated heterocycles. The van der Waals surface area contributed by atoms with Gasteiger partial charge in [-0.1, -0.05) is 13.8 Å². The third-order valence-electron chi connectivity index (χ3n) is 9.07. The van der Waals surface area contributed by atoms with E-state index in [0.717, 1.165) is 19.3 Å². The lowest BCUT2D eigenvalue weighted by Crippen LogP contribution is -2.62. The number of carbonyl (C=O) groups excluding carboxylic acids is 4. The lowest BCUT2D eigenvalue weighted by atomic mass is 9.44. The van der Waals surface area contributed by atoms with Gasteiger partial charge in [0.05, 0.1) is 0 Å². The third-order valence-corrected chi connectivity index (χ3v) is 9.07. The highest BCUT2D eigenvalue weighted by Gasteiger charge is 2.66. The molecule has 4 saturated carbocycles. The molecule has 4 aliphatic rings. The highest BCUT2D eigenvalue weighted by atomic mass is 16.6. The Kier molecular flexibility index (Phi) is 5.91. The summed E-state index contributed by atoms with van der Waals surface area (Å²) in [7, 11) is 0. The molecule has 7 heteroatoms. The monoisotopic (exact) mass is 448 g/mol. The van der Waals surface area contributed by atoms with Gasteiger partial charge in [-0.25, -0.2) is 0 Å². The average molecular weight is 449 g/mol. The van der Waals surface area contributed by atoms with E-state index in [4.69, 9.17) is 14.2 Å². The Bertz CT molecular complexity index is 821. The molecular formula is C25H36O7. The number of Topliss-reactive ketones (excluding diaryl/α,β-unsaturated/α-hetero) is 1. The minimum Gasteiger partial charge on any atom is -0.463 e. The highest BCUT2D eigenvalue weighted by Crippen LogP contribution is 2.67. The Morgan fingerprint density at radius 3 is 2.09 bits per heavy atom. The van der Waals surface area contributed by atoms with Crippen molar-refractivity contribution in [2.45, 2.75) is 97.9 Å². The number of hydrogen-bond donors (Lipinski definition) is 0. The molecule has 0 aromatic heterocycles. The van der Waals surface area contributed by atoms with Crippen molar-refractivity contribution in [2.75, 3.05) is 0 Å². The summed E-state index contributed by atoms with van der Waals surface area (Å²) in [6.45, 7) is 8.74. The van der Waals surface area contributed by atoms with Crippen molar-refractivity contribution in [3.05, 3.63) is 0 Å². The number of carbonyl (C=O) groups is 4. The smallest absolute Gasteiger partial charge is 0.302 e. The average Bonchev–Trinajstić information content (AvgIpc) is 2.96. The molecule has 0 bridgehead atoms. The van der Waals surface area contributed by atoms with Gasteiger partial charge in [0.25, 0.3) is 0 Å². The van der Waals surface area contributed by atoms with E-state index in [1.165, 1.54) is 20.8 Å². The second kappa shape index (κ2) is 8.14. The molecule has 0 unspecified atom stereocenters. The van der Waals surface area contributed by atoms with Crippen LogP contribution in [0, 0.1) is 34.5 Å². The molecule has 0 aromatic rings. The minimum absolute atomic E-state index is 0.0676. The van der Waals surface area contributed by atoms with Crippen LogP contribution in [0.2, 0.25) is 0 Å².